The molecule has 0 amide bonds. The quantitative estimate of drug-likeness (QED) is 0.491. The molecule has 0 unspecified atom stereocenters. The molecule has 4 heteroatoms. The number of unbranched alkanes of at least 4 members (excludes halogenated alkanes) is 2. The summed E-state index contributed by atoms with van der Waals surface area (Å²) >= 11 is -3.19. The summed E-state index contributed by atoms with van der Waals surface area (Å²) in [7, 11) is 0. The van der Waals surface area contributed by atoms with Gasteiger partial charge >= 0.3 is 61.7 Å². The molecule has 0 fully saturated rings. The van der Waals surface area contributed by atoms with E-state index in [1.807, 2.05) is 0 Å². The molecular weight excluding hydrogens is 156 g/mol. The fourth-order valence-electron chi connectivity index (χ4n) is 0.512. The second-order valence-corrected chi connectivity index (χ2v) is 3.10. The molecule has 1 N–H and O–H groups in total. The van der Waals surface area contributed by atoms with Crippen LogP contribution >= 0.6 is 0 Å². The second kappa shape index (κ2) is 6.55. The van der Waals surface area contributed by atoms with Gasteiger partial charge in [-0.25, -0.2) is 0 Å². The molecule has 0 rings (SSSR count). The fourth-order valence-corrected chi connectivity index (χ4v) is 1.01. The van der Waals surface area contributed by atoms with Crippen molar-refractivity contribution in [3.63, 3.8) is 0 Å². The average molecular weight is 168 g/mol. The molecule has 0 radical (unpaired) electrons. The van der Waals surface area contributed by atoms with Crippen LogP contribution in [0.5, 0.6) is 0 Å². The summed E-state index contributed by atoms with van der Waals surface area (Å²) in [6, 6.07) is 0. The van der Waals surface area contributed by atoms with Crippen molar-refractivity contribution >= 4 is 0 Å². The number of rotatable bonds is 5. The van der Waals surface area contributed by atoms with E-state index in [4.69, 9.17) is 3.69 Å². The predicted octanol–water partition coefficient (Wildman–Crippen LogP) is 0.979. The van der Waals surface area contributed by atoms with Crippen molar-refractivity contribution in [3.8, 4) is 0 Å². The molecule has 0 atom stereocenters. The van der Waals surface area contributed by atoms with Crippen LogP contribution in [-0.4, -0.2) is 10.3 Å². The first kappa shape index (κ1) is 9.43. The van der Waals surface area contributed by atoms with Gasteiger partial charge in [0.1, 0.15) is 0 Å². The maximum absolute atomic E-state index is 9.99. The third-order valence-corrected chi connectivity index (χ3v) is 1.68. The fraction of sp³-hybridized carbons (Fsp3) is 1.00. The summed E-state index contributed by atoms with van der Waals surface area (Å²) in [5, 5.41) is 0. The van der Waals surface area contributed by atoms with E-state index in [2.05, 4.69) is 10.2 Å². The summed E-state index contributed by atoms with van der Waals surface area (Å²) in [5.74, 6) is 0. The van der Waals surface area contributed by atoms with Crippen LogP contribution in [-0.2, 0) is 25.3 Å². The second-order valence-electron chi connectivity index (χ2n) is 1.82. The topological polar surface area (TPSA) is 46.5 Å². The van der Waals surface area contributed by atoms with Crippen LogP contribution in [0.3, 0.4) is 0 Å². The molecule has 0 aliphatic carbocycles. The molecule has 0 saturated heterocycles. The molecule has 3 nitrogen and oxygen atoms in total. The van der Waals surface area contributed by atoms with E-state index in [0.29, 0.717) is 6.61 Å². The normalized spacial score (nSPS) is 9.56. The molecule has 0 spiro atoms. The Morgan fingerprint density at radius 3 is 2.67 bits per heavy atom. The van der Waals surface area contributed by atoms with Gasteiger partial charge in [0.05, 0.1) is 0 Å². The Morgan fingerprint density at radius 1 is 1.56 bits per heavy atom. The summed E-state index contributed by atoms with van der Waals surface area (Å²) in [4.78, 5) is 0. The minimum atomic E-state index is -3.19. The maximum atomic E-state index is 9.99. The van der Waals surface area contributed by atoms with Crippen LogP contribution in [0, 0.1) is 0 Å². The summed E-state index contributed by atoms with van der Waals surface area (Å²) in [6.07, 6.45) is 3.09. The monoisotopic (exact) mass is 168 g/mol. The zero-order valence-electron chi connectivity index (χ0n) is 5.59. The molecule has 0 aliphatic heterocycles. The predicted molar refractivity (Wildman–Crippen MR) is 28.4 cm³/mol. The van der Waals surface area contributed by atoms with Crippen LogP contribution < -0.4 is 0 Å². The van der Waals surface area contributed by atoms with Gasteiger partial charge in [-0.1, -0.05) is 0 Å². The third-order valence-electron chi connectivity index (χ3n) is 0.973. The zero-order chi connectivity index (χ0) is 7.11. The van der Waals surface area contributed by atoms with Crippen LogP contribution in [0.25, 0.3) is 0 Å². The SMILES string of the molecule is CCCCC[O][Ti](=[O])[OH]. The Hall–Kier alpha value is 0.434. The van der Waals surface area contributed by atoms with E-state index in [1.165, 1.54) is 0 Å². The Balaban J connectivity index is 2.83. The summed E-state index contributed by atoms with van der Waals surface area (Å²) in [5.41, 5.74) is 0. The van der Waals surface area contributed by atoms with E-state index in [0.717, 1.165) is 19.3 Å². The zero-order valence-corrected chi connectivity index (χ0v) is 7.15. The van der Waals surface area contributed by atoms with E-state index in [9.17, 15) is 3.32 Å². The Bertz CT molecular complexity index is 84.3. The first-order valence-corrected chi connectivity index (χ1v) is 5.10. The molecule has 0 aliphatic rings. The molecule has 54 valence electrons. The summed E-state index contributed by atoms with van der Waals surface area (Å²) in [6.45, 7) is 2.52. The van der Waals surface area contributed by atoms with Gasteiger partial charge in [0.2, 0.25) is 0 Å². The molecule has 0 aromatic heterocycles. The van der Waals surface area contributed by atoms with E-state index < -0.39 is 18.6 Å². The van der Waals surface area contributed by atoms with Gasteiger partial charge in [0.15, 0.2) is 0 Å². The van der Waals surface area contributed by atoms with Crippen molar-refractivity contribution in [2.75, 3.05) is 6.61 Å². The van der Waals surface area contributed by atoms with E-state index >= 15 is 0 Å². The minimum absolute atomic E-state index is 0.448. The Kier molecular flexibility index (Phi) is 6.87. The summed E-state index contributed by atoms with van der Waals surface area (Å²) < 4.78 is 22.7. The Labute approximate surface area is 62.1 Å². The standard InChI is InChI=1S/C5H11O.H2O.O.Ti/c1-2-3-4-5-6;;;/h2-5H2,1H3;1H2;;/q-1;;;+2/p-1. The molecule has 0 heterocycles. The first-order valence-electron chi connectivity index (χ1n) is 3.13. The number of hydrogen-bond acceptors (Lipinski definition) is 2. The molecule has 0 bridgehead atoms. The average Bonchev–Trinajstić information content (AvgIpc) is 1.80. The van der Waals surface area contributed by atoms with Crippen LogP contribution in [0.4, 0.5) is 0 Å². The molecule has 0 aromatic rings. The van der Waals surface area contributed by atoms with Crippen LogP contribution in [0.1, 0.15) is 26.2 Å². The van der Waals surface area contributed by atoms with Gasteiger partial charge in [-0.15, -0.1) is 0 Å². The third kappa shape index (κ3) is 8.43. The van der Waals surface area contributed by atoms with Crippen molar-refractivity contribution in [2.24, 2.45) is 0 Å². The molecular formula is C5H12O3Ti. The molecule has 9 heavy (non-hydrogen) atoms. The molecule has 0 saturated carbocycles. The van der Waals surface area contributed by atoms with E-state index in [1.54, 1.807) is 0 Å². The molecule has 0 aromatic carbocycles. The van der Waals surface area contributed by atoms with Crippen molar-refractivity contribution in [1.82, 2.24) is 0 Å². The van der Waals surface area contributed by atoms with Crippen molar-refractivity contribution in [1.29, 1.82) is 0 Å². The van der Waals surface area contributed by atoms with Crippen LogP contribution in [0.2, 0.25) is 0 Å². The Morgan fingerprint density at radius 2 is 2.22 bits per heavy atom. The van der Waals surface area contributed by atoms with Gasteiger partial charge < -0.3 is 0 Å². The van der Waals surface area contributed by atoms with Crippen LogP contribution in [0.15, 0.2) is 0 Å². The number of hydrogen-bond donors (Lipinski definition) is 1. The van der Waals surface area contributed by atoms with Gasteiger partial charge in [0.25, 0.3) is 0 Å². The van der Waals surface area contributed by atoms with Crippen molar-refractivity contribution in [2.45, 2.75) is 26.2 Å². The van der Waals surface area contributed by atoms with Gasteiger partial charge in [-0.2, -0.15) is 0 Å². The van der Waals surface area contributed by atoms with Gasteiger partial charge in [-0.3, -0.25) is 0 Å². The van der Waals surface area contributed by atoms with E-state index in [-0.39, 0.29) is 0 Å². The van der Waals surface area contributed by atoms with Crippen molar-refractivity contribution in [3.05, 3.63) is 0 Å². The first-order chi connectivity index (χ1) is 4.27. The van der Waals surface area contributed by atoms with Crippen molar-refractivity contribution < 1.29 is 28.9 Å². The van der Waals surface area contributed by atoms with Gasteiger partial charge in [0, 0.05) is 0 Å². The van der Waals surface area contributed by atoms with Gasteiger partial charge in [-0.05, 0) is 0 Å².